The molecule has 0 saturated heterocycles. The van der Waals surface area contributed by atoms with Crippen LogP contribution in [0.3, 0.4) is 0 Å². The van der Waals surface area contributed by atoms with Gasteiger partial charge in [-0.2, -0.15) is 0 Å². The quantitative estimate of drug-likeness (QED) is 0.596. The summed E-state index contributed by atoms with van der Waals surface area (Å²) in [5.41, 5.74) is 0.818. The van der Waals surface area contributed by atoms with E-state index in [9.17, 15) is 10.1 Å². The molecule has 5 nitrogen and oxygen atoms in total. The van der Waals surface area contributed by atoms with Gasteiger partial charge in [-0.05, 0) is 25.2 Å². The summed E-state index contributed by atoms with van der Waals surface area (Å²) in [4.78, 5) is 10.5. The first-order valence-corrected chi connectivity index (χ1v) is 6.35. The summed E-state index contributed by atoms with van der Waals surface area (Å²) in [5, 5.41) is 14.0. The van der Waals surface area contributed by atoms with Crippen LogP contribution in [-0.4, -0.2) is 18.1 Å². The van der Waals surface area contributed by atoms with Crippen molar-refractivity contribution in [2.24, 2.45) is 5.92 Å². The van der Waals surface area contributed by atoms with Gasteiger partial charge in [-0.3, -0.25) is 10.1 Å². The molecule has 0 bridgehead atoms. The second kappa shape index (κ2) is 5.71. The normalized spacial score (nSPS) is 14.3. The van der Waals surface area contributed by atoms with Crippen molar-refractivity contribution in [1.29, 1.82) is 0 Å². The van der Waals surface area contributed by atoms with Crippen LogP contribution in [0.1, 0.15) is 26.2 Å². The van der Waals surface area contributed by atoms with E-state index in [-0.39, 0.29) is 10.6 Å². The average molecular weight is 250 g/mol. The lowest BCUT2D eigenvalue weighted by atomic mass is 10.2. The van der Waals surface area contributed by atoms with E-state index >= 15 is 0 Å². The smallest absolute Gasteiger partial charge is 0.275 e. The molecule has 98 valence electrons. The zero-order valence-electron chi connectivity index (χ0n) is 10.5. The molecule has 18 heavy (non-hydrogen) atoms. The Morgan fingerprint density at radius 1 is 1.44 bits per heavy atom. The van der Waals surface area contributed by atoms with Gasteiger partial charge in [0.15, 0.2) is 0 Å². The largest absolute Gasteiger partial charge is 0.493 e. The van der Waals surface area contributed by atoms with Gasteiger partial charge in [0, 0.05) is 24.4 Å². The van der Waals surface area contributed by atoms with E-state index in [1.807, 2.05) is 6.07 Å². The molecule has 0 aromatic heterocycles. The lowest BCUT2D eigenvalue weighted by Gasteiger charge is -2.09. The molecule has 2 rings (SSSR count). The van der Waals surface area contributed by atoms with Gasteiger partial charge < -0.3 is 10.1 Å². The van der Waals surface area contributed by atoms with Crippen LogP contribution < -0.4 is 10.1 Å². The highest BCUT2D eigenvalue weighted by Gasteiger charge is 2.22. The predicted molar refractivity (Wildman–Crippen MR) is 70.1 cm³/mol. The molecule has 1 N–H and O–H groups in total. The second-order valence-electron chi connectivity index (χ2n) is 4.65. The zero-order chi connectivity index (χ0) is 13.0. The number of hydrogen-bond acceptors (Lipinski definition) is 4. The van der Waals surface area contributed by atoms with Crippen molar-refractivity contribution < 1.29 is 9.66 Å². The van der Waals surface area contributed by atoms with Crippen LogP contribution in [0.5, 0.6) is 5.75 Å². The Bertz CT molecular complexity index is 430. The standard InChI is InChI=1S/C13H18N2O3/c1-2-5-14-11-6-12(15(16)17)8-13(7-11)18-9-10-3-4-10/h6-8,10,14H,2-5,9H2,1H3. The van der Waals surface area contributed by atoms with Gasteiger partial charge >= 0.3 is 0 Å². The topological polar surface area (TPSA) is 64.4 Å². The minimum absolute atomic E-state index is 0.0712. The summed E-state index contributed by atoms with van der Waals surface area (Å²) in [6.45, 7) is 3.51. The number of nitrogens with zero attached hydrogens (tertiary/aromatic N) is 1. The van der Waals surface area contributed by atoms with Gasteiger partial charge in [0.05, 0.1) is 17.6 Å². The summed E-state index contributed by atoms with van der Waals surface area (Å²) in [7, 11) is 0. The lowest BCUT2D eigenvalue weighted by Crippen LogP contribution is -2.03. The number of nitro groups is 1. The first-order valence-electron chi connectivity index (χ1n) is 6.35. The Labute approximate surface area is 106 Å². The molecule has 0 unspecified atom stereocenters. The van der Waals surface area contributed by atoms with Crippen LogP contribution >= 0.6 is 0 Å². The third-order valence-corrected chi connectivity index (χ3v) is 2.86. The molecule has 1 aliphatic rings. The average Bonchev–Trinajstić information content (AvgIpc) is 3.17. The molecule has 0 spiro atoms. The summed E-state index contributed by atoms with van der Waals surface area (Å²) in [6, 6.07) is 4.85. The van der Waals surface area contributed by atoms with Crippen LogP contribution in [0, 0.1) is 16.0 Å². The highest BCUT2D eigenvalue weighted by atomic mass is 16.6. The van der Waals surface area contributed by atoms with Gasteiger partial charge in [-0.25, -0.2) is 0 Å². The fraction of sp³-hybridized carbons (Fsp3) is 0.538. The van der Waals surface area contributed by atoms with Gasteiger partial charge in [0.1, 0.15) is 5.75 Å². The maximum atomic E-state index is 10.9. The van der Waals surface area contributed by atoms with Crippen molar-refractivity contribution >= 4 is 11.4 Å². The molecule has 0 atom stereocenters. The van der Waals surface area contributed by atoms with E-state index in [0.717, 1.165) is 18.7 Å². The van der Waals surface area contributed by atoms with E-state index in [1.54, 1.807) is 6.07 Å². The molecule has 5 heteroatoms. The van der Waals surface area contributed by atoms with Gasteiger partial charge in [0.25, 0.3) is 5.69 Å². The predicted octanol–water partition coefficient (Wildman–Crippen LogP) is 3.21. The summed E-state index contributed by atoms with van der Waals surface area (Å²) >= 11 is 0. The summed E-state index contributed by atoms with van der Waals surface area (Å²) in [5.74, 6) is 1.21. The van der Waals surface area contributed by atoms with Crippen molar-refractivity contribution in [3.05, 3.63) is 28.3 Å². The monoisotopic (exact) mass is 250 g/mol. The molecular weight excluding hydrogens is 232 g/mol. The van der Waals surface area contributed by atoms with Crippen LogP contribution in [0.25, 0.3) is 0 Å². The number of anilines is 1. The maximum Gasteiger partial charge on any atom is 0.275 e. The van der Waals surface area contributed by atoms with Crippen molar-refractivity contribution in [2.75, 3.05) is 18.5 Å². The Balaban J connectivity index is 2.09. The highest BCUT2D eigenvalue weighted by Crippen LogP contribution is 2.31. The molecule has 1 aromatic carbocycles. The second-order valence-corrected chi connectivity index (χ2v) is 4.65. The molecule has 1 aliphatic carbocycles. The van der Waals surface area contributed by atoms with E-state index in [4.69, 9.17) is 4.74 Å². The number of nitro benzene ring substituents is 1. The first kappa shape index (κ1) is 12.7. The maximum absolute atomic E-state index is 10.9. The van der Waals surface area contributed by atoms with Gasteiger partial charge in [0.2, 0.25) is 0 Å². The van der Waals surface area contributed by atoms with Crippen LogP contribution in [0.2, 0.25) is 0 Å². The van der Waals surface area contributed by atoms with Crippen LogP contribution in [0.4, 0.5) is 11.4 Å². The molecule has 0 aliphatic heterocycles. The Morgan fingerprint density at radius 3 is 2.83 bits per heavy atom. The highest BCUT2D eigenvalue weighted by molar-refractivity contribution is 5.56. The van der Waals surface area contributed by atoms with Gasteiger partial charge in [-0.15, -0.1) is 0 Å². The third-order valence-electron chi connectivity index (χ3n) is 2.86. The number of benzene rings is 1. The number of rotatable bonds is 7. The number of hydrogen-bond donors (Lipinski definition) is 1. The van der Waals surface area contributed by atoms with E-state index < -0.39 is 0 Å². The van der Waals surface area contributed by atoms with Crippen molar-refractivity contribution in [3.63, 3.8) is 0 Å². The molecule has 0 radical (unpaired) electrons. The van der Waals surface area contributed by atoms with Crippen LogP contribution in [-0.2, 0) is 0 Å². The Kier molecular flexibility index (Phi) is 4.02. The van der Waals surface area contributed by atoms with E-state index in [1.165, 1.54) is 18.9 Å². The molecular formula is C13H18N2O3. The zero-order valence-corrected chi connectivity index (χ0v) is 10.5. The molecule has 1 fully saturated rings. The molecule has 0 heterocycles. The minimum atomic E-state index is -0.388. The SMILES string of the molecule is CCCNc1cc(OCC2CC2)cc([N+](=O)[O-])c1. The first-order chi connectivity index (χ1) is 8.69. The van der Waals surface area contributed by atoms with Gasteiger partial charge in [-0.1, -0.05) is 6.92 Å². The molecule has 0 amide bonds. The van der Waals surface area contributed by atoms with Crippen molar-refractivity contribution in [1.82, 2.24) is 0 Å². The Morgan fingerprint density at radius 2 is 2.22 bits per heavy atom. The molecule has 1 saturated carbocycles. The van der Waals surface area contributed by atoms with E-state index in [0.29, 0.717) is 18.3 Å². The van der Waals surface area contributed by atoms with Crippen molar-refractivity contribution in [2.45, 2.75) is 26.2 Å². The fourth-order valence-corrected chi connectivity index (χ4v) is 1.64. The number of non-ortho nitro benzene ring substituents is 1. The number of nitrogens with one attached hydrogen (secondary N) is 1. The number of ether oxygens (including phenoxy) is 1. The summed E-state index contributed by atoms with van der Waals surface area (Å²) < 4.78 is 5.60. The Hall–Kier alpha value is -1.78. The summed E-state index contributed by atoms with van der Waals surface area (Å²) in [6.07, 6.45) is 3.38. The molecule has 1 aromatic rings. The minimum Gasteiger partial charge on any atom is -0.493 e. The third kappa shape index (κ3) is 3.61. The van der Waals surface area contributed by atoms with Crippen LogP contribution in [0.15, 0.2) is 18.2 Å². The lowest BCUT2D eigenvalue weighted by molar-refractivity contribution is -0.384. The van der Waals surface area contributed by atoms with E-state index in [2.05, 4.69) is 12.2 Å². The fourth-order valence-electron chi connectivity index (χ4n) is 1.64. The van der Waals surface area contributed by atoms with Crippen molar-refractivity contribution in [3.8, 4) is 5.75 Å².